The van der Waals surface area contributed by atoms with E-state index in [2.05, 4.69) is 15.2 Å². The SMILES string of the molecule is Nc1ccc2c(c1)[nH]c(=O)c1c(C3CCCC3)[nH]nc12. The van der Waals surface area contributed by atoms with Crippen LogP contribution in [-0.4, -0.2) is 15.2 Å². The predicted octanol–water partition coefficient (Wildman–Crippen LogP) is 2.64. The number of nitrogens with zero attached hydrogens (tertiary/aromatic N) is 1. The van der Waals surface area contributed by atoms with Crippen LogP contribution >= 0.6 is 0 Å². The average molecular weight is 268 g/mol. The maximum absolute atomic E-state index is 12.4. The van der Waals surface area contributed by atoms with Gasteiger partial charge in [-0.25, -0.2) is 0 Å². The molecule has 5 heteroatoms. The van der Waals surface area contributed by atoms with Gasteiger partial charge in [0.25, 0.3) is 5.56 Å². The molecule has 1 aromatic carbocycles. The molecule has 4 N–H and O–H groups in total. The molecule has 0 amide bonds. The van der Waals surface area contributed by atoms with E-state index in [4.69, 9.17) is 5.73 Å². The van der Waals surface area contributed by atoms with Gasteiger partial charge < -0.3 is 10.7 Å². The third-order valence-corrected chi connectivity index (χ3v) is 4.33. The van der Waals surface area contributed by atoms with Crippen molar-refractivity contribution in [2.45, 2.75) is 31.6 Å². The molecule has 1 aliphatic carbocycles. The topological polar surface area (TPSA) is 87.6 Å². The van der Waals surface area contributed by atoms with Crippen LogP contribution in [-0.2, 0) is 0 Å². The van der Waals surface area contributed by atoms with E-state index in [1.54, 1.807) is 6.07 Å². The van der Waals surface area contributed by atoms with E-state index in [0.717, 1.165) is 35.0 Å². The van der Waals surface area contributed by atoms with Gasteiger partial charge in [-0.15, -0.1) is 0 Å². The third-order valence-electron chi connectivity index (χ3n) is 4.33. The van der Waals surface area contributed by atoms with Crippen molar-refractivity contribution >= 4 is 27.5 Å². The molecule has 20 heavy (non-hydrogen) atoms. The highest BCUT2D eigenvalue weighted by Gasteiger charge is 2.23. The van der Waals surface area contributed by atoms with Crippen LogP contribution in [0.4, 0.5) is 5.69 Å². The lowest BCUT2D eigenvalue weighted by Crippen LogP contribution is -2.08. The smallest absolute Gasteiger partial charge is 0.259 e. The van der Waals surface area contributed by atoms with Crippen LogP contribution in [0.3, 0.4) is 0 Å². The molecule has 0 bridgehead atoms. The summed E-state index contributed by atoms with van der Waals surface area (Å²) in [5, 5.41) is 9.15. The molecule has 0 atom stereocenters. The second-order valence-electron chi connectivity index (χ2n) is 5.60. The van der Waals surface area contributed by atoms with Crippen LogP contribution in [0.15, 0.2) is 23.0 Å². The number of rotatable bonds is 1. The van der Waals surface area contributed by atoms with Crippen LogP contribution in [0.2, 0.25) is 0 Å². The summed E-state index contributed by atoms with van der Waals surface area (Å²) in [7, 11) is 0. The fourth-order valence-corrected chi connectivity index (χ4v) is 3.35. The van der Waals surface area contributed by atoms with Gasteiger partial charge in [0.15, 0.2) is 0 Å². The highest BCUT2D eigenvalue weighted by Crippen LogP contribution is 2.36. The molecule has 2 aromatic heterocycles. The summed E-state index contributed by atoms with van der Waals surface area (Å²) in [6.45, 7) is 0. The molecule has 0 saturated heterocycles. The van der Waals surface area contributed by atoms with E-state index in [-0.39, 0.29) is 5.56 Å². The maximum Gasteiger partial charge on any atom is 0.259 e. The monoisotopic (exact) mass is 268 g/mol. The Morgan fingerprint density at radius 1 is 1.25 bits per heavy atom. The molecular formula is C15H16N4O. The van der Waals surface area contributed by atoms with Crippen molar-refractivity contribution in [2.75, 3.05) is 5.73 Å². The zero-order valence-corrected chi connectivity index (χ0v) is 11.1. The van der Waals surface area contributed by atoms with Crippen molar-refractivity contribution in [3.8, 4) is 0 Å². The van der Waals surface area contributed by atoms with E-state index < -0.39 is 0 Å². The van der Waals surface area contributed by atoms with Gasteiger partial charge in [-0.05, 0) is 31.0 Å². The Balaban J connectivity index is 2.06. The second kappa shape index (κ2) is 4.10. The molecule has 1 aliphatic rings. The van der Waals surface area contributed by atoms with Gasteiger partial charge in [0.2, 0.25) is 0 Å². The number of hydrogen-bond donors (Lipinski definition) is 3. The van der Waals surface area contributed by atoms with E-state index in [1.165, 1.54) is 12.8 Å². The lowest BCUT2D eigenvalue weighted by Gasteiger charge is -2.06. The summed E-state index contributed by atoms with van der Waals surface area (Å²) in [4.78, 5) is 15.3. The van der Waals surface area contributed by atoms with Gasteiger partial charge in [-0.3, -0.25) is 9.89 Å². The molecule has 5 nitrogen and oxygen atoms in total. The number of pyridine rings is 1. The van der Waals surface area contributed by atoms with Crippen molar-refractivity contribution in [1.82, 2.24) is 15.2 Å². The van der Waals surface area contributed by atoms with Crippen molar-refractivity contribution < 1.29 is 0 Å². The zero-order valence-electron chi connectivity index (χ0n) is 11.1. The molecule has 4 rings (SSSR count). The maximum atomic E-state index is 12.4. The Labute approximate surface area is 115 Å². The first-order chi connectivity index (χ1) is 9.74. The van der Waals surface area contributed by atoms with Gasteiger partial charge in [0.1, 0.15) is 5.52 Å². The van der Waals surface area contributed by atoms with Crippen LogP contribution in [0.5, 0.6) is 0 Å². The Morgan fingerprint density at radius 2 is 2.05 bits per heavy atom. The molecular weight excluding hydrogens is 252 g/mol. The molecule has 102 valence electrons. The van der Waals surface area contributed by atoms with Gasteiger partial charge in [-0.2, -0.15) is 5.10 Å². The molecule has 2 heterocycles. The van der Waals surface area contributed by atoms with Crippen molar-refractivity contribution in [1.29, 1.82) is 0 Å². The Kier molecular flexibility index (Phi) is 2.36. The first-order valence-electron chi connectivity index (χ1n) is 7.03. The quantitative estimate of drug-likeness (QED) is 0.593. The Morgan fingerprint density at radius 3 is 2.85 bits per heavy atom. The number of benzene rings is 1. The average Bonchev–Trinajstić information content (AvgIpc) is 3.07. The summed E-state index contributed by atoms with van der Waals surface area (Å²) in [6, 6.07) is 5.53. The number of anilines is 1. The van der Waals surface area contributed by atoms with Crippen molar-refractivity contribution in [3.05, 3.63) is 34.2 Å². The lowest BCUT2D eigenvalue weighted by molar-refractivity contribution is 0.697. The van der Waals surface area contributed by atoms with Crippen LogP contribution in [0.25, 0.3) is 21.8 Å². The van der Waals surface area contributed by atoms with Crippen molar-refractivity contribution in [2.24, 2.45) is 0 Å². The van der Waals surface area contributed by atoms with Crippen LogP contribution in [0, 0.1) is 0 Å². The molecule has 1 fully saturated rings. The van der Waals surface area contributed by atoms with Gasteiger partial charge >= 0.3 is 0 Å². The summed E-state index contributed by atoms with van der Waals surface area (Å²) in [6.07, 6.45) is 4.73. The van der Waals surface area contributed by atoms with Gasteiger partial charge in [0, 0.05) is 17.0 Å². The largest absolute Gasteiger partial charge is 0.399 e. The Bertz CT molecular complexity index is 855. The minimum absolute atomic E-state index is 0.0752. The molecule has 1 saturated carbocycles. The van der Waals surface area contributed by atoms with Crippen LogP contribution < -0.4 is 11.3 Å². The number of fused-ring (bicyclic) bond motifs is 3. The number of aromatic amines is 2. The number of hydrogen-bond acceptors (Lipinski definition) is 3. The van der Waals surface area contributed by atoms with Crippen molar-refractivity contribution in [3.63, 3.8) is 0 Å². The zero-order chi connectivity index (χ0) is 13.7. The standard InChI is InChI=1S/C15H16N4O/c16-9-5-6-10-11(7-9)17-15(20)12-13(18-19-14(10)12)8-3-1-2-4-8/h5-8H,1-4,16H2,(H,17,20)(H,18,19). The minimum atomic E-state index is -0.0752. The third kappa shape index (κ3) is 1.56. The summed E-state index contributed by atoms with van der Waals surface area (Å²) in [5.41, 5.74) is 8.83. The fraction of sp³-hybridized carbons (Fsp3) is 0.333. The summed E-state index contributed by atoms with van der Waals surface area (Å²) in [5.74, 6) is 0.437. The second-order valence-corrected chi connectivity index (χ2v) is 5.60. The van der Waals surface area contributed by atoms with E-state index in [9.17, 15) is 4.79 Å². The van der Waals surface area contributed by atoms with Gasteiger partial charge in [-0.1, -0.05) is 12.8 Å². The molecule has 0 unspecified atom stereocenters. The number of nitrogen functional groups attached to an aromatic ring is 1. The van der Waals surface area contributed by atoms with E-state index in [0.29, 0.717) is 17.0 Å². The normalized spacial score (nSPS) is 16.4. The molecule has 0 spiro atoms. The van der Waals surface area contributed by atoms with Crippen LogP contribution in [0.1, 0.15) is 37.3 Å². The first-order valence-corrected chi connectivity index (χ1v) is 7.03. The fourth-order valence-electron chi connectivity index (χ4n) is 3.35. The number of nitrogens with one attached hydrogen (secondary N) is 2. The summed E-state index contributed by atoms with van der Waals surface area (Å²) >= 11 is 0. The highest BCUT2D eigenvalue weighted by molar-refractivity contribution is 6.04. The van der Waals surface area contributed by atoms with Gasteiger partial charge in [0.05, 0.1) is 16.6 Å². The highest BCUT2D eigenvalue weighted by atomic mass is 16.1. The Hall–Kier alpha value is -2.30. The molecule has 0 aliphatic heterocycles. The first kappa shape index (κ1) is 11.5. The number of aromatic nitrogens is 3. The van der Waals surface area contributed by atoms with E-state index in [1.807, 2.05) is 12.1 Å². The molecule has 0 radical (unpaired) electrons. The predicted molar refractivity (Wildman–Crippen MR) is 79.8 cm³/mol. The van der Waals surface area contributed by atoms with E-state index >= 15 is 0 Å². The molecule has 3 aromatic rings. The number of H-pyrrole nitrogens is 2. The number of nitrogens with two attached hydrogens (primary N) is 1. The lowest BCUT2D eigenvalue weighted by atomic mass is 10.0. The summed E-state index contributed by atoms with van der Waals surface area (Å²) < 4.78 is 0. The minimum Gasteiger partial charge on any atom is -0.399 e.